The zero-order chi connectivity index (χ0) is 72.2. The van der Waals surface area contributed by atoms with Crippen LogP contribution in [0.5, 0.6) is 0 Å². The molecule has 0 bridgehead atoms. The summed E-state index contributed by atoms with van der Waals surface area (Å²) in [7, 11) is -5.77. The number of nitrogens with zero attached hydrogens (tertiary/aromatic N) is 3. The molecule has 0 N–H and O–H groups in total. The lowest BCUT2D eigenvalue weighted by atomic mass is 9.36. The third-order valence-electron chi connectivity index (χ3n) is 14.0. The first-order valence-electron chi connectivity index (χ1n) is 36.7. The first-order valence-corrected chi connectivity index (χ1v) is 32.8. The number of rotatable bonds is 7. The normalized spacial score (nSPS) is 20.7. The van der Waals surface area contributed by atoms with Crippen LogP contribution in [0.2, 0.25) is 39.3 Å². The molecule has 0 saturated heterocycles. The van der Waals surface area contributed by atoms with Crippen LogP contribution < -0.4 is 40.8 Å². The van der Waals surface area contributed by atoms with Crippen molar-refractivity contribution in [3.05, 3.63) is 167 Å². The van der Waals surface area contributed by atoms with E-state index in [2.05, 4.69) is 0 Å². The Balaban J connectivity index is 1.47. The van der Waals surface area contributed by atoms with Gasteiger partial charge in [-0.2, -0.15) is 0 Å². The van der Waals surface area contributed by atoms with Crippen molar-refractivity contribution >= 4 is 143 Å². The molecule has 7 aromatic carbocycles. The molecule has 8 heteroatoms. The fraction of sp³-hybridized carbons (Fsp3) is 0.281. The van der Waals surface area contributed by atoms with Crippen LogP contribution in [0.25, 0.3) is 20.2 Å². The van der Waals surface area contributed by atoms with E-state index in [1.807, 2.05) is 87.7 Å². The summed E-state index contributed by atoms with van der Waals surface area (Å²) in [6.45, 7) is 22.7. The van der Waals surface area contributed by atoms with Gasteiger partial charge in [0.1, 0.15) is 0 Å². The van der Waals surface area contributed by atoms with Gasteiger partial charge in [0.25, 0.3) is 6.71 Å². The summed E-state index contributed by atoms with van der Waals surface area (Å²) in [6.07, 6.45) is 1.13. The molecule has 0 atom stereocenters. The van der Waals surface area contributed by atoms with E-state index in [0.717, 1.165) is 27.6 Å². The van der Waals surface area contributed by atoms with E-state index in [0.29, 0.717) is 33.7 Å². The van der Waals surface area contributed by atoms with Crippen molar-refractivity contribution in [3.8, 4) is 0 Å². The van der Waals surface area contributed by atoms with Crippen molar-refractivity contribution in [1.29, 1.82) is 0 Å². The predicted molar refractivity (Wildman–Crippen MR) is 326 cm³/mol. The standard InChI is InChI=1S/C64H68BN3S2Si2/c1-62(2,3)58-35-41-34-52-53(40-56(41)69-58)67(44-24-28-47(29-25-44)71(8,9)10)54-36-46(66(42-20-16-14-17-21-42)43-22-18-15-19-23-43)37-55-59(54)65(52)61-60(68(55)45-26-30-48(31-27-45)72(11,12)13)49-38-50-51(39-57(49)70-61)64(6,7)33-32-63(50,4)5/h14-31,34-40H,32-33H2,1-13H3/i14D,15D,16D,17D,18D,19D,20D,21D,22D,23D,24D,25D,26D,27D,28D,29D,30D,31D,34D,35D,36D,37D,38D,39D,40D. The lowest BCUT2D eigenvalue weighted by Gasteiger charge is -2.44. The minimum absolute atomic E-state index is 0.00722. The first-order chi connectivity index (χ1) is 44.6. The van der Waals surface area contributed by atoms with E-state index in [-0.39, 0.29) is 75.7 Å². The fourth-order valence-electron chi connectivity index (χ4n) is 9.88. The Bertz CT molecular complexity index is 4940. The number of hydrogen-bond acceptors (Lipinski definition) is 5. The maximum atomic E-state index is 11.3. The largest absolute Gasteiger partial charge is 0.311 e. The molecule has 362 valence electrons. The van der Waals surface area contributed by atoms with Crippen molar-refractivity contribution in [2.24, 2.45) is 0 Å². The molecular formula is C64H68BN3S2Si2. The summed E-state index contributed by atoms with van der Waals surface area (Å²) < 4.78 is 249. The number of fused-ring (bicyclic) bond motifs is 8. The van der Waals surface area contributed by atoms with Crippen molar-refractivity contribution in [2.75, 3.05) is 14.7 Å². The molecule has 0 fully saturated rings. The van der Waals surface area contributed by atoms with Crippen LogP contribution in [0.4, 0.5) is 51.2 Å². The molecule has 2 aromatic heterocycles. The van der Waals surface area contributed by atoms with Gasteiger partial charge in [-0.1, -0.05) is 165 Å². The second-order valence-corrected chi connectivity index (χ2v) is 35.4. The van der Waals surface area contributed by atoms with E-state index in [9.17, 15) is 26.0 Å². The van der Waals surface area contributed by atoms with Gasteiger partial charge in [-0.25, -0.2) is 0 Å². The summed E-state index contributed by atoms with van der Waals surface area (Å²) in [6, 6.07) is -18.1. The Labute approximate surface area is 474 Å². The number of thiophene rings is 2. The van der Waals surface area contributed by atoms with E-state index in [1.165, 1.54) is 4.90 Å². The van der Waals surface area contributed by atoms with Crippen molar-refractivity contribution < 1.29 is 34.3 Å². The third kappa shape index (κ3) is 7.68. The number of anilines is 9. The molecule has 1 aliphatic carbocycles. The minimum Gasteiger partial charge on any atom is -0.311 e. The SMILES string of the molecule is [2H]c1c([2H])c([2H])c(N(c2c([2H])c([2H])c([2H])c([2H])c2[2H])c2c([2H])c3c4c(c2[2H])N(c2c([2H])c([2H])c([Si](C)(C)C)c([2H])c2[2H])c2c(sc5c([2H])c6c(c([2H])c25)C(C)(C)CCC6(C)C)B4c2c(c([2H])c4sc(C(C)(C)C)c([2H])c4c2[2H])N3c2c([2H])c([2H])c([Si](C)(C)C)c([2H])c2[2H])c([2H])c1[2H]. The Morgan fingerprint density at radius 2 is 1.07 bits per heavy atom. The van der Waals surface area contributed by atoms with Crippen LogP contribution in [0.15, 0.2) is 151 Å². The quantitative estimate of drug-likeness (QED) is 0.147. The molecule has 4 heterocycles. The van der Waals surface area contributed by atoms with Crippen LogP contribution in [-0.4, -0.2) is 22.9 Å². The Morgan fingerprint density at radius 3 is 1.60 bits per heavy atom. The van der Waals surface area contributed by atoms with Gasteiger partial charge >= 0.3 is 0 Å². The molecule has 12 rings (SSSR count). The second-order valence-electron chi connectivity index (χ2n) is 23.4. The van der Waals surface area contributed by atoms with Gasteiger partial charge in [-0.15, -0.1) is 22.7 Å². The van der Waals surface area contributed by atoms with Gasteiger partial charge < -0.3 is 14.7 Å². The summed E-state index contributed by atoms with van der Waals surface area (Å²) in [4.78, 5) is 3.30. The molecule has 0 spiro atoms. The highest BCUT2D eigenvalue weighted by Gasteiger charge is 2.47. The van der Waals surface area contributed by atoms with E-state index < -0.39 is 212 Å². The lowest BCUT2D eigenvalue weighted by molar-refractivity contribution is 0.332. The first kappa shape index (κ1) is 27.1. The summed E-state index contributed by atoms with van der Waals surface area (Å²) in [5.74, 6) is 0. The molecule has 2 aliphatic heterocycles. The van der Waals surface area contributed by atoms with Crippen LogP contribution in [0, 0.1) is 0 Å². The molecule has 72 heavy (non-hydrogen) atoms. The fourth-order valence-corrected chi connectivity index (χ4v) is 13.9. The molecule has 9 aromatic rings. The van der Waals surface area contributed by atoms with Crippen LogP contribution >= 0.6 is 22.7 Å². The molecule has 0 radical (unpaired) electrons. The third-order valence-corrected chi connectivity index (χ3v) is 20.1. The van der Waals surface area contributed by atoms with Gasteiger partial charge in [0, 0.05) is 64.3 Å². The van der Waals surface area contributed by atoms with Gasteiger partial charge in [-0.3, -0.25) is 0 Å². The van der Waals surface area contributed by atoms with Crippen molar-refractivity contribution in [3.63, 3.8) is 0 Å². The molecule has 0 saturated carbocycles. The van der Waals surface area contributed by atoms with E-state index in [1.54, 1.807) is 0 Å². The molecule has 0 amide bonds. The molecule has 3 aliphatic rings. The summed E-state index contributed by atoms with van der Waals surface area (Å²) >= 11 is 2.00. The lowest BCUT2D eigenvalue weighted by Crippen LogP contribution is -2.60. The van der Waals surface area contributed by atoms with Crippen LogP contribution in [0.1, 0.15) is 112 Å². The Kier molecular flexibility index (Phi) is 6.17. The monoisotopic (exact) mass is 1030 g/mol. The predicted octanol–water partition coefficient (Wildman–Crippen LogP) is 16.4. The van der Waals surface area contributed by atoms with Crippen LogP contribution in [0.3, 0.4) is 0 Å². The highest BCUT2D eigenvalue weighted by Crippen LogP contribution is 2.54. The number of para-hydroxylation sites is 2. The van der Waals surface area contributed by atoms with Gasteiger partial charge in [0.05, 0.1) is 61.8 Å². The van der Waals surface area contributed by atoms with Gasteiger partial charge in [0.15, 0.2) is 0 Å². The maximum absolute atomic E-state index is 11.3. The van der Waals surface area contributed by atoms with Gasteiger partial charge in [0.2, 0.25) is 0 Å². The number of benzene rings is 7. The van der Waals surface area contributed by atoms with Crippen molar-refractivity contribution in [1.82, 2.24) is 0 Å². The van der Waals surface area contributed by atoms with E-state index >= 15 is 0 Å². The number of hydrogen-bond donors (Lipinski definition) is 0. The zero-order valence-corrected chi connectivity index (χ0v) is 46.3. The van der Waals surface area contributed by atoms with Crippen molar-refractivity contribution in [2.45, 2.75) is 117 Å². The highest BCUT2D eigenvalue weighted by atomic mass is 32.1. The average Bonchev–Trinajstić information content (AvgIpc) is 1.63. The molecular weight excluding hydrogens is 942 g/mol. The Morgan fingerprint density at radius 1 is 0.556 bits per heavy atom. The topological polar surface area (TPSA) is 9.72 Å². The van der Waals surface area contributed by atoms with E-state index in [4.69, 9.17) is 8.22 Å². The summed E-state index contributed by atoms with van der Waals surface area (Å²) in [5, 5.41) is 0.165. The zero-order valence-electron chi connectivity index (χ0n) is 67.6. The smallest absolute Gasteiger partial charge is 0.264 e. The summed E-state index contributed by atoms with van der Waals surface area (Å²) in [5.41, 5.74) is -7.47. The Hall–Kier alpha value is -5.64. The van der Waals surface area contributed by atoms with Gasteiger partial charge in [-0.05, 0) is 141 Å². The maximum Gasteiger partial charge on any atom is 0.264 e. The molecule has 3 nitrogen and oxygen atoms in total. The second kappa shape index (κ2) is 16.4. The highest BCUT2D eigenvalue weighted by molar-refractivity contribution is 7.33. The minimum atomic E-state index is -2.89. The molecule has 0 unspecified atom stereocenters. The average molecular weight is 1040 g/mol. The van der Waals surface area contributed by atoms with Crippen LogP contribution in [-0.2, 0) is 16.2 Å².